The number of nitrogens with zero attached hydrogens (tertiary/aromatic N) is 1. The summed E-state index contributed by atoms with van der Waals surface area (Å²) in [4.78, 5) is 28.8. The number of rotatable bonds is 12. The average Bonchev–Trinajstić information content (AvgIpc) is 3.39. The molecule has 10 nitrogen and oxygen atoms in total. The van der Waals surface area contributed by atoms with Crippen molar-refractivity contribution in [2.75, 3.05) is 31.6 Å². The summed E-state index contributed by atoms with van der Waals surface area (Å²) in [5.41, 5.74) is 8.04. The molecule has 2 fully saturated rings. The van der Waals surface area contributed by atoms with E-state index in [2.05, 4.69) is 15.4 Å². The largest absolute Gasteiger partial charge is 0.398 e. The van der Waals surface area contributed by atoms with E-state index in [-0.39, 0.29) is 26.1 Å². The number of nitrogens with two attached hydrogens (primary N) is 1. The average molecular weight is 636 g/mol. The normalized spacial score (nSPS) is 20.2. The molecular formula is C29H40BClFN5O5S. The van der Waals surface area contributed by atoms with Gasteiger partial charge in [0.1, 0.15) is 25.7 Å². The Hall–Kier alpha value is -2.71. The van der Waals surface area contributed by atoms with Crippen LogP contribution in [0.5, 0.6) is 0 Å². The van der Waals surface area contributed by atoms with Crippen molar-refractivity contribution in [2.45, 2.75) is 63.4 Å². The summed E-state index contributed by atoms with van der Waals surface area (Å²) in [6.45, 7) is 1.87. The lowest BCUT2D eigenvalue weighted by Crippen LogP contribution is -2.53. The molecular weight excluding hydrogens is 596 g/mol. The molecule has 2 aromatic carbocycles. The smallest absolute Gasteiger partial charge is 0.243 e. The Morgan fingerprint density at radius 1 is 1.23 bits per heavy atom. The number of anilines is 1. The Bertz CT molecular complexity index is 1410. The lowest BCUT2D eigenvalue weighted by Gasteiger charge is -2.30. The van der Waals surface area contributed by atoms with Gasteiger partial charge in [-0.25, -0.2) is 17.5 Å². The Labute approximate surface area is 258 Å². The van der Waals surface area contributed by atoms with Crippen LogP contribution in [0.4, 0.5) is 10.1 Å². The van der Waals surface area contributed by atoms with E-state index in [1.165, 1.54) is 11.0 Å². The Morgan fingerprint density at radius 2 is 1.98 bits per heavy atom. The molecule has 0 bridgehead atoms. The Balaban J connectivity index is 1.51. The number of carbonyl (C=O) groups is 2. The minimum absolute atomic E-state index is 0.0349. The third kappa shape index (κ3) is 9.39. The van der Waals surface area contributed by atoms with Gasteiger partial charge in [0.15, 0.2) is 0 Å². The van der Waals surface area contributed by atoms with Gasteiger partial charge in [-0.15, -0.1) is 0 Å². The number of likely N-dealkylation sites (tertiary alicyclic amines) is 1. The van der Waals surface area contributed by atoms with E-state index in [1.54, 1.807) is 38.2 Å². The van der Waals surface area contributed by atoms with Crippen molar-refractivity contribution in [1.29, 1.82) is 0 Å². The molecule has 2 aliphatic rings. The fourth-order valence-corrected chi connectivity index (χ4v) is 6.62. The molecule has 2 heterocycles. The molecule has 2 aliphatic heterocycles. The summed E-state index contributed by atoms with van der Waals surface area (Å²) in [6, 6.07) is 8.02. The maximum Gasteiger partial charge on any atom is 0.243 e. The monoisotopic (exact) mass is 635 g/mol. The van der Waals surface area contributed by atoms with Gasteiger partial charge in [0.2, 0.25) is 21.8 Å². The number of amides is 2. The van der Waals surface area contributed by atoms with Crippen LogP contribution in [0.3, 0.4) is 0 Å². The van der Waals surface area contributed by atoms with Gasteiger partial charge < -0.3 is 26.0 Å². The minimum atomic E-state index is -3.72. The van der Waals surface area contributed by atoms with Gasteiger partial charge in [0, 0.05) is 25.1 Å². The third-order valence-electron chi connectivity index (χ3n) is 8.07. The highest BCUT2D eigenvalue weighted by Gasteiger charge is 2.42. The highest BCUT2D eigenvalue weighted by molar-refractivity contribution is 7.88. The number of halogens is 2. The predicted octanol–water partition coefficient (Wildman–Crippen LogP) is 0.820. The fraction of sp³-hybridized carbons (Fsp3) is 0.517. The van der Waals surface area contributed by atoms with Crippen LogP contribution >= 0.6 is 11.6 Å². The second kappa shape index (κ2) is 14.8. The predicted molar refractivity (Wildman–Crippen MR) is 168 cm³/mol. The fourth-order valence-electron chi connectivity index (χ4n) is 5.69. The zero-order chi connectivity index (χ0) is 31.1. The van der Waals surface area contributed by atoms with Crippen LogP contribution in [-0.4, -0.2) is 77.1 Å². The van der Waals surface area contributed by atoms with E-state index in [1.807, 2.05) is 0 Å². The van der Waals surface area contributed by atoms with Crippen molar-refractivity contribution >= 4 is 52.4 Å². The highest BCUT2D eigenvalue weighted by Crippen LogP contribution is 2.27. The number of ether oxygens (including phenoxy) is 1. The number of hydrogen-bond donors (Lipinski definition) is 4. The molecule has 234 valence electrons. The first-order valence-corrected chi connectivity index (χ1v) is 16.8. The van der Waals surface area contributed by atoms with Gasteiger partial charge in [-0.05, 0) is 62.4 Å². The van der Waals surface area contributed by atoms with Gasteiger partial charge in [-0.3, -0.25) is 9.59 Å². The van der Waals surface area contributed by atoms with Crippen LogP contribution in [0.1, 0.15) is 43.2 Å². The number of hydrogen-bond acceptors (Lipinski definition) is 7. The van der Waals surface area contributed by atoms with Gasteiger partial charge in [-0.1, -0.05) is 41.3 Å². The number of piperidine rings is 1. The first-order valence-electron chi connectivity index (χ1n) is 14.6. The van der Waals surface area contributed by atoms with Gasteiger partial charge in [0.05, 0.1) is 29.7 Å². The SMILES string of the molecule is Bc1ccc(CO[C@@H]2C[C@@H](C(=O)NCc3cccc(N)c3Cl)N(C(=O)[C@@H](CCC3CCNCC3)NS(C)(=O)=O)C2)c(F)c1. The Morgan fingerprint density at radius 3 is 2.67 bits per heavy atom. The molecule has 2 aromatic rings. The summed E-state index contributed by atoms with van der Waals surface area (Å²) in [7, 11) is -1.93. The van der Waals surface area contributed by atoms with Crippen LogP contribution in [0, 0.1) is 11.7 Å². The van der Waals surface area contributed by atoms with Crippen molar-refractivity contribution in [1.82, 2.24) is 20.3 Å². The second-order valence-corrected chi connectivity index (χ2v) is 13.7. The zero-order valence-electron chi connectivity index (χ0n) is 24.6. The second-order valence-electron chi connectivity index (χ2n) is 11.5. The van der Waals surface area contributed by atoms with Gasteiger partial charge in [-0.2, -0.15) is 0 Å². The molecule has 4 rings (SSSR count). The number of nitrogens with one attached hydrogen (secondary N) is 3. The van der Waals surface area contributed by atoms with Crippen LogP contribution in [0.25, 0.3) is 0 Å². The maximum atomic E-state index is 14.5. The first-order chi connectivity index (χ1) is 20.4. The van der Waals surface area contributed by atoms with Crippen molar-refractivity contribution in [2.24, 2.45) is 5.92 Å². The van der Waals surface area contributed by atoms with E-state index in [4.69, 9.17) is 22.1 Å². The molecule has 14 heteroatoms. The maximum absolute atomic E-state index is 14.5. The summed E-state index contributed by atoms with van der Waals surface area (Å²) < 4.78 is 47.5. The van der Waals surface area contributed by atoms with Crippen molar-refractivity contribution in [3.05, 3.63) is 58.4 Å². The van der Waals surface area contributed by atoms with Gasteiger partial charge >= 0.3 is 0 Å². The molecule has 0 spiro atoms. The van der Waals surface area contributed by atoms with Crippen molar-refractivity contribution in [3.63, 3.8) is 0 Å². The molecule has 0 radical (unpaired) electrons. The third-order valence-corrected chi connectivity index (χ3v) is 9.24. The molecule has 43 heavy (non-hydrogen) atoms. The zero-order valence-corrected chi connectivity index (χ0v) is 26.1. The number of carbonyl (C=O) groups excluding carboxylic acids is 2. The highest BCUT2D eigenvalue weighted by atomic mass is 35.5. The molecule has 0 aliphatic carbocycles. The summed E-state index contributed by atoms with van der Waals surface area (Å²) >= 11 is 6.30. The molecule has 5 N–H and O–H groups in total. The van der Waals surface area contributed by atoms with E-state index in [9.17, 15) is 22.4 Å². The number of sulfonamides is 1. The quantitative estimate of drug-likeness (QED) is 0.200. The molecule has 3 atom stereocenters. The molecule has 2 amide bonds. The van der Waals surface area contributed by atoms with Crippen LogP contribution in [-0.2, 0) is 37.5 Å². The summed E-state index contributed by atoms with van der Waals surface area (Å²) in [5.74, 6) is -0.946. The number of benzene rings is 2. The van der Waals surface area contributed by atoms with Crippen LogP contribution < -0.4 is 26.6 Å². The standard InChI is InChI=1S/C29H40BClFN5O5S/c1-43(40,41)36-25(8-5-18-9-11-34-12-10-18)29(39)37-16-22(42-17-20-6-7-21(30)13-23(20)32)14-26(37)28(38)35-15-19-3-2-4-24(33)27(19)31/h2-4,6-7,13,18,22,25-26,34,36H,5,8-12,14-17,30,33H2,1H3,(H,35,38)/t22-,25-,26+/m1/s1. The summed E-state index contributed by atoms with van der Waals surface area (Å²) in [6.07, 6.45) is 3.49. The van der Waals surface area contributed by atoms with Crippen LogP contribution in [0.2, 0.25) is 5.02 Å². The summed E-state index contributed by atoms with van der Waals surface area (Å²) in [5, 5.41) is 6.48. The van der Waals surface area contributed by atoms with Crippen molar-refractivity contribution in [3.8, 4) is 0 Å². The number of nitrogen functional groups attached to an aromatic ring is 1. The van der Waals surface area contributed by atoms with Crippen LogP contribution in [0.15, 0.2) is 36.4 Å². The van der Waals surface area contributed by atoms with E-state index in [0.29, 0.717) is 40.6 Å². The lowest BCUT2D eigenvalue weighted by molar-refractivity contribution is -0.140. The molecule has 0 unspecified atom stereocenters. The lowest BCUT2D eigenvalue weighted by atomic mass is 9.91. The first kappa shape index (κ1) is 33.2. The Kier molecular flexibility index (Phi) is 11.5. The van der Waals surface area contributed by atoms with E-state index < -0.39 is 45.8 Å². The molecule has 0 aromatic heterocycles. The van der Waals surface area contributed by atoms with Gasteiger partial charge in [0.25, 0.3) is 0 Å². The van der Waals surface area contributed by atoms with E-state index >= 15 is 0 Å². The molecule has 0 saturated carbocycles. The van der Waals surface area contributed by atoms with E-state index in [0.717, 1.165) is 37.6 Å². The minimum Gasteiger partial charge on any atom is -0.398 e. The van der Waals surface area contributed by atoms with Crippen molar-refractivity contribution < 1.29 is 27.1 Å². The topological polar surface area (TPSA) is 143 Å². The molecule has 2 saturated heterocycles.